The Hall–Kier alpha value is -2.17. The van der Waals surface area contributed by atoms with Crippen LogP contribution in [0.3, 0.4) is 0 Å². The van der Waals surface area contributed by atoms with Gasteiger partial charge in [0, 0.05) is 29.2 Å². The Morgan fingerprint density at radius 1 is 1.30 bits per heavy atom. The van der Waals surface area contributed by atoms with Crippen molar-refractivity contribution in [1.29, 1.82) is 0 Å². The molecule has 3 rings (SSSR count). The van der Waals surface area contributed by atoms with Crippen molar-refractivity contribution in [2.75, 3.05) is 7.11 Å². The van der Waals surface area contributed by atoms with E-state index in [-0.39, 0.29) is 17.4 Å². The average molecular weight is 313 g/mol. The number of methoxy groups -OCH3 is 1. The molecule has 1 aliphatic rings. The third-order valence-corrected chi connectivity index (χ3v) is 4.39. The molecule has 0 unspecified atom stereocenters. The lowest BCUT2D eigenvalue weighted by Crippen LogP contribution is -2.29. The molecule has 0 saturated heterocycles. The van der Waals surface area contributed by atoms with Crippen LogP contribution in [0.1, 0.15) is 38.4 Å². The predicted molar refractivity (Wildman–Crippen MR) is 88.0 cm³/mol. The zero-order valence-corrected chi connectivity index (χ0v) is 14.2. The highest BCUT2D eigenvalue weighted by Crippen LogP contribution is 2.36. The lowest BCUT2D eigenvalue weighted by molar-refractivity contribution is -0.145. The van der Waals surface area contributed by atoms with Gasteiger partial charge in [-0.1, -0.05) is 0 Å². The molecule has 0 fully saturated rings. The molecule has 0 N–H and O–H groups in total. The van der Waals surface area contributed by atoms with Crippen molar-refractivity contribution in [2.24, 2.45) is 5.92 Å². The van der Waals surface area contributed by atoms with Crippen LogP contribution in [0.25, 0.3) is 11.3 Å². The Bertz CT molecular complexity index is 714. The van der Waals surface area contributed by atoms with Crippen LogP contribution in [0.5, 0.6) is 0 Å². The first kappa shape index (κ1) is 15.7. The number of ether oxygens (including phenoxy) is 1. The van der Waals surface area contributed by atoms with E-state index in [9.17, 15) is 4.79 Å². The Kier molecular flexibility index (Phi) is 3.96. The van der Waals surface area contributed by atoms with Crippen molar-refractivity contribution in [3.05, 3.63) is 35.8 Å². The van der Waals surface area contributed by atoms with Gasteiger partial charge in [0.15, 0.2) is 0 Å². The molecule has 1 atom stereocenters. The smallest absolute Gasteiger partial charge is 0.309 e. The largest absolute Gasteiger partial charge is 0.469 e. The van der Waals surface area contributed by atoms with E-state index < -0.39 is 0 Å². The van der Waals surface area contributed by atoms with E-state index in [1.807, 2.05) is 12.1 Å². The van der Waals surface area contributed by atoms with Crippen molar-refractivity contribution < 1.29 is 9.53 Å². The van der Waals surface area contributed by atoms with Crippen LogP contribution in [0.15, 0.2) is 24.5 Å². The second-order valence-electron chi connectivity index (χ2n) is 7.06. The molecule has 0 amide bonds. The minimum atomic E-state index is -0.125. The fraction of sp³-hybridized carbons (Fsp3) is 0.500. The maximum absolute atomic E-state index is 12.0. The van der Waals surface area contributed by atoms with E-state index in [0.29, 0.717) is 6.42 Å². The van der Waals surface area contributed by atoms with Crippen LogP contribution >= 0.6 is 0 Å². The summed E-state index contributed by atoms with van der Waals surface area (Å²) < 4.78 is 7.06. The van der Waals surface area contributed by atoms with Crippen LogP contribution in [0.2, 0.25) is 0 Å². The Labute approximate surface area is 136 Å². The van der Waals surface area contributed by atoms with Crippen molar-refractivity contribution >= 4 is 5.97 Å². The molecule has 23 heavy (non-hydrogen) atoms. The van der Waals surface area contributed by atoms with Crippen LogP contribution in [-0.4, -0.2) is 27.8 Å². The van der Waals surface area contributed by atoms with Crippen molar-refractivity contribution in [1.82, 2.24) is 14.8 Å². The number of aromatic nitrogens is 3. The number of nitrogens with zero attached hydrogens (tertiary/aromatic N) is 3. The minimum absolute atomic E-state index is 0.0781. The Balaban J connectivity index is 2.11. The number of hydrogen-bond donors (Lipinski definition) is 0. The van der Waals surface area contributed by atoms with Gasteiger partial charge in [0.05, 0.1) is 24.3 Å². The third kappa shape index (κ3) is 2.87. The minimum Gasteiger partial charge on any atom is -0.469 e. The van der Waals surface area contributed by atoms with E-state index >= 15 is 0 Å². The summed E-state index contributed by atoms with van der Waals surface area (Å²) in [4.78, 5) is 16.1. The zero-order chi connectivity index (χ0) is 16.6. The summed E-state index contributed by atoms with van der Waals surface area (Å²) in [5.41, 5.74) is 4.33. The molecule has 0 spiro atoms. The highest BCUT2D eigenvalue weighted by molar-refractivity contribution is 5.74. The molecule has 5 nitrogen and oxygen atoms in total. The van der Waals surface area contributed by atoms with Gasteiger partial charge in [-0.3, -0.25) is 14.5 Å². The van der Waals surface area contributed by atoms with Gasteiger partial charge in [-0.05, 0) is 52.2 Å². The summed E-state index contributed by atoms with van der Waals surface area (Å²) in [6, 6.07) is 3.94. The second-order valence-corrected chi connectivity index (χ2v) is 7.06. The first-order valence-electron chi connectivity index (χ1n) is 8.01. The van der Waals surface area contributed by atoms with Gasteiger partial charge in [0.1, 0.15) is 0 Å². The fourth-order valence-corrected chi connectivity index (χ4v) is 3.28. The number of fused-ring (bicyclic) bond motifs is 1. The Morgan fingerprint density at radius 3 is 2.61 bits per heavy atom. The van der Waals surface area contributed by atoms with E-state index in [4.69, 9.17) is 9.84 Å². The number of carbonyl (C=O) groups is 1. The zero-order valence-electron chi connectivity index (χ0n) is 14.2. The molecular formula is C18H23N3O2. The van der Waals surface area contributed by atoms with Gasteiger partial charge in [0.2, 0.25) is 0 Å². The monoisotopic (exact) mass is 313 g/mol. The number of hydrogen-bond acceptors (Lipinski definition) is 4. The SMILES string of the molecule is COC(=O)[C@@H]1CCc2c(c(-c3ccncc3)nn2C(C)(C)C)C1. The number of carbonyl (C=O) groups excluding carboxylic acids is 1. The first-order chi connectivity index (χ1) is 10.9. The summed E-state index contributed by atoms with van der Waals surface area (Å²) in [7, 11) is 1.46. The number of pyridine rings is 1. The topological polar surface area (TPSA) is 57.0 Å². The van der Waals surface area contributed by atoms with Gasteiger partial charge >= 0.3 is 5.97 Å². The van der Waals surface area contributed by atoms with Crippen LogP contribution in [0, 0.1) is 5.92 Å². The van der Waals surface area contributed by atoms with Crippen LogP contribution in [-0.2, 0) is 27.9 Å². The molecule has 5 heteroatoms. The van der Waals surface area contributed by atoms with E-state index in [0.717, 1.165) is 24.1 Å². The summed E-state index contributed by atoms with van der Waals surface area (Å²) in [6.45, 7) is 6.47. The molecular weight excluding hydrogens is 290 g/mol. The number of esters is 1. The van der Waals surface area contributed by atoms with Crippen molar-refractivity contribution in [2.45, 2.75) is 45.6 Å². The van der Waals surface area contributed by atoms with E-state index in [1.54, 1.807) is 12.4 Å². The summed E-state index contributed by atoms with van der Waals surface area (Å²) >= 11 is 0. The van der Waals surface area contributed by atoms with E-state index in [2.05, 4.69) is 30.4 Å². The first-order valence-corrected chi connectivity index (χ1v) is 8.01. The van der Waals surface area contributed by atoms with Gasteiger partial charge in [0.25, 0.3) is 0 Å². The third-order valence-electron chi connectivity index (χ3n) is 4.39. The Morgan fingerprint density at radius 2 is 2.00 bits per heavy atom. The summed E-state index contributed by atoms with van der Waals surface area (Å²) in [6.07, 6.45) is 5.91. The average Bonchev–Trinajstić information content (AvgIpc) is 2.93. The molecule has 0 bridgehead atoms. The molecule has 0 aromatic carbocycles. The highest BCUT2D eigenvalue weighted by atomic mass is 16.5. The quantitative estimate of drug-likeness (QED) is 0.800. The number of rotatable bonds is 2. The fourth-order valence-electron chi connectivity index (χ4n) is 3.28. The molecule has 0 saturated carbocycles. The van der Waals surface area contributed by atoms with Crippen LogP contribution in [0.4, 0.5) is 0 Å². The lowest BCUT2D eigenvalue weighted by atomic mass is 9.85. The summed E-state index contributed by atoms with van der Waals surface area (Å²) in [5, 5.41) is 4.89. The van der Waals surface area contributed by atoms with Crippen molar-refractivity contribution in [3.63, 3.8) is 0 Å². The van der Waals surface area contributed by atoms with Gasteiger partial charge in [-0.15, -0.1) is 0 Å². The molecule has 2 heterocycles. The second kappa shape index (κ2) is 5.80. The molecule has 1 aliphatic carbocycles. The van der Waals surface area contributed by atoms with Gasteiger partial charge in [-0.2, -0.15) is 5.10 Å². The van der Waals surface area contributed by atoms with Crippen molar-refractivity contribution in [3.8, 4) is 11.3 Å². The normalized spacial score (nSPS) is 17.7. The molecule has 122 valence electrons. The van der Waals surface area contributed by atoms with Gasteiger partial charge < -0.3 is 4.74 Å². The highest BCUT2D eigenvalue weighted by Gasteiger charge is 2.33. The van der Waals surface area contributed by atoms with Crippen LogP contribution < -0.4 is 0 Å². The standard InChI is InChI=1S/C18H23N3O2/c1-18(2,3)21-15-6-5-13(17(22)23-4)11-14(15)16(20-21)12-7-9-19-10-8-12/h7-10,13H,5-6,11H2,1-4H3/t13-/m1/s1. The summed E-state index contributed by atoms with van der Waals surface area (Å²) in [5.74, 6) is -0.203. The maximum atomic E-state index is 12.0. The molecule has 0 aliphatic heterocycles. The molecule has 2 aromatic heterocycles. The molecule has 0 radical (unpaired) electrons. The predicted octanol–water partition coefficient (Wildman–Crippen LogP) is 2.98. The maximum Gasteiger partial charge on any atom is 0.309 e. The van der Waals surface area contributed by atoms with Gasteiger partial charge in [-0.25, -0.2) is 0 Å². The lowest BCUT2D eigenvalue weighted by Gasteiger charge is -2.26. The van der Waals surface area contributed by atoms with E-state index in [1.165, 1.54) is 18.4 Å². The molecule has 2 aromatic rings.